The number of fused-ring (bicyclic) bond motifs is 3. The van der Waals surface area contributed by atoms with E-state index in [2.05, 4.69) is 10.2 Å². The molecule has 196 valence electrons. The van der Waals surface area contributed by atoms with Gasteiger partial charge in [0.15, 0.2) is 0 Å². The van der Waals surface area contributed by atoms with E-state index in [0.29, 0.717) is 49.8 Å². The fourth-order valence-corrected chi connectivity index (χ4v) is 5.98. The predicted molar refractivity (Wildman–Crippen MR) is 113 cm³/mol. The minimum absolute atomic E-state index is 0.110. The summed E-state index contributed by atoms with van der Waals surface area (Å²) in [6.45, 7) is 1.59. The number of nitrogens with one attached hydrogen (secondary N) is 1. The third-order valence-corrected chi connectivity index (χ3v) is 8.14. The van der Waals surface area contributed by atoms with Crippen LogP contribution in [-0.4, -0.2) is 60.5 Å². The molecule has 0 aromatic heterocycles. The Kier molecular flexibility index (Phi) is 6.66. The topological polar surface area (TPSA) is 52.6 Å². The number of aryl methyl sites for hydroxylation is 1. The molecule has 4 nitrogen and oxygen atoms in total. The van der Waals surface area contributed by atoms with Gasteiger partial charge >= 0.3 is 18.0 Å². The first kappa shape index (κ1) is 26.2. The lowest BCUT2D eigenvalue weighted by Gasteiger charge is -2.37. The van der Waals surface area contributed by atoms with Crippen LogP contribution in [0.1, 0.15) is 54.7 Å². The number of halogens is 7. The molecular formula is C24H29F7N2O2. The molecule has 11 heteroatoms. The zero-order valence-corrected chi connectivity index (χ0v) is 19.3. The molecule has 1 saturated heterocycles. The molecule has 2 N–H and O–H groups in total. The number of benzene rings is 1. The molecule has 1 saturated carbocycles. The predicted octanol–water partition coefficient (Wildman–Crippen LogP) is 4.60. The molecule has 0 spiro atoms. The van der Waals surface area contributed by atoms with Crippen molar-refractivity contribution in [1.82, 2.24) is 10.2 Å². The highest BCUT2D eigenvalue weighted by Crippen LogP contribution is 2.55. The van der Waals surface area contributed by atoms with Gasteiger partial charge in [-0.3, -0.25) is 4.79 Å². The molecule has 1 heterocycles. The summed E-state index contributed by atoms with van der Waals surface area (Å²) in [5.41, 5.74) is -7.03. The Labute approximate surface area is 198 Å². The van der Waals surface area contributed by atoms with Crippen molar-refractivity contribution in [3.63, 3.8) is 0 Å². The largest absolute Gasteiger partial charge is 0.435 e. The monoisotopic (exact) mass is 510 g/mol. The van der Waals surface area contributed by atoms with E-state index in [1.807, 2.05) is 7.05 Å². The lowest BCUT2D eigenvalue weighted by Crippen LogP contribution is -2.51. The fraction of sp³-hybridized carbons (Fsp3) is 0.708. The standard InChI is InChI=1S/C24H29F7N2O2/c1-33-10-8-21(35,9-11-33)13-32-20(34)19-7-6-17-16-5-3-15(12-14(16)2-4-18(17)19)22(25,23(26,27)28)24(29,30)31/h3,5,12,17-19,35H,2,4,6-11,13H2,1H3,(H,32,34)/t17-,18+,19+/m0/s1. The van der Waals surface area contributed by atoms with E-state index >= 15 is 0 Å². The molecule has 1 amide bonds. The summed E-state index contributed by atoms with van der Waals surface area (Å²) in [7, 11) is 1.96. The van der Waals surface area contributed by atoms with E-state index in [1.165, 1.54) is 0 Å². The Morgan fingerprint density at radius 3 is 2.29 bits per heavy atom. The average Bonchev–Trinajstić information content (AvgIpc) is 3.22. The van der Waals surface area contributed by atoms with Crippen LogP contribution in [0.2, 0.25) is 0 Å². The van der Waals surface area contributed by atoms with E-state index < -0.39 is 29.2 Å². The first-order chi connectivity index (χ1) is 16.2. The van der Waals surface area contributed by atoms with Gasteiger partial charge in [-0.05, 0) is 68.5 Å². The molecule has 4 rings (SSSR count). The molecule has 2 aliphatic carbocycles. The number of carbonyl (C=O) groups excluding carboxylic acids is 1. The van der Waals surface area contributed by atoms with Crippen LogP contribution in [0.25, 0.3) is 0 Å². The van der Waals surface area contributed by atoms with Crippen molar-refractivity contribution >= 4 is 5.91 Å². The molecule has 0 bridgehead atoms. The molecule has 1 aliphatic heterocycles. The van der Waals surface area contributed by atoms with E-state index in [1.54, 1.807) is 0 Å². The maximum Gasteiger partial charge on any atom is 0.435 e. The summed E-state index contributed by atoms with van der Waals surface area (Å²) in [5.74, 6) is -0.850. The number of hydrogen-bond donors (Lipinski definition) is 2. The first-order valence-corrected chi connectivity index (χ1v) is 11.8. The number of hydrogen-bond acceptors (Lipinski definition) is 3. The Bertz CT molecular complexity index is 940. The molecule has 1 aromatic carbocycles. The van der Waals surface area contributed by atoms with Crippen LogP contribution in [0.5, 0.6) is 0 Å². The van der Waals surface area contributed by atoms with Crippen LogP contribution in [0.3, 0.4) is 0 Å². The van der Waals surface area contributed by atoms with Crippen molar-refractivity contribution in [2.24, 2.45) is 11.8 Å². The highest BCUT2D eigenvalue weighted by molar-refractivity contribution is 5.79. The van der Waals surface area contributed by atoms with Gasteiger partial charge < -0.3 is 15.3 Å². The molecular weight excluding hydrogens is 481 g/mol. The fourth-order valence-electron chi connectivity index (χ4n) is 5.98. The van der Waals surface area contributed by atoms with Crippen molar-refractivity contribution in [3.05, 3.63) is 34.9 Å². The molecule has 35 heavy (non-hydrogen) atoms. The Morgan fingerprint density at radius 1 is 1.06 bits per heavy atom. The molecule has 2 fully saturated rings. The smallest absolute Gasteiger partial charge is 0.388 e. The maximum absolute atomic E-state index is 14.5. The van der Waals surface area contributed by atoms with Crippen molar-refractivity contribution in [2.75, 3.05) is 26.7 Å². The van der Waals surface area contributed by atoms with Crippen molar-refractivity contribution in [3.8, 4) is 0 Å². The second kappa shape index (κ2) is 8.90. The van der Waals surface area contributed by atoms with E-state index in [9.17, 15) is 40.6 Å². The highest BCUT2D eigenvalue weighted by Gasteiger charge is 2.73. The van der Waals surface area contributed by atoms with Gasteiger partial charge in [0.1, 0.15) is 0 Å². The Morgan fingerprint density at radius 2 is 1.69 bits per heavy atom. The van der Waals surface area contributed by atoms with Crippen LogP contribution in [-0.2, 0) is 16.9 Å². The number of nitrogens with zero attached hydrogens (tertiary/aromatic N) is 1. The minimum Gasteiger partial charge on any atom is -0.388 e. The van der Waals surface area contributed by atoms with Crippen LogP contribution >= 0.6 is 0 Å². The lowest BCUT2D eigenvalue weighted by molar-refractivity contribution is -0.348. The molecule has 0 unspecified atom stereocenters. The zero-order valence-electron chi connectivity index (χ0n) is 19.3. The number of likely N-dealkylation sites (tertiary alicyclic amines) is 1. The van der Waals surface area contributed by atoms with Crippen LogP contribution < -0.4 is 5.32 Å². The van der Waals surface area contributed by atoms with Gasteiger partial charge in [-0.15, -0.1) is 0 Å². The molecule has 0 radical (unpaired) electrons. The third kappa shape index (κ3) is 4.65. The highest BCUT2D eigenvalue weighted by atomic mass is 19.4. The van der Waals surface area contributed by atoms with Crippen LogP contribution in [0.15, 0.2) is 18.2 Å². The van der Waals surface area contributed by atoms with E-state index in [-0.39, 0.29) is 42.2 Å². The number of rotatable bonds is 4. The molecule has 3 atom stereocenters. The SMILES string of the molecule is CN1CCC(O)(CNC(=O)[C@@H]2CC[C@H]3c4ccc(C(F)(C(F)(F)F)C(F)(F)F)cc4CC[C@@H]23)CC1. The summed E-state index contributed by atoms with van der Waals surface area (Å²) in [5, 5.41) is 13.6. The lowest BCUT2D eigenvalue weighted by atomic mass is 9.73. The number of carbonyl (C=O) groups is 1. The van der Waals surface area contributed by atoms with Gasteiger partial charge in [-0.2, -0.15) is 26.3 Å². The Balaban J connectivity index is 1.48. The minimum atomic E-state index is -6.15. The average molecular weight is 510 g/mol. The van der Waals surface area contributed by atoms with Crippen molar-refractivity contribution in [2.45, 2.75) is 68.1 Å². The van der Waals surface area contributed by atoms with Gasteiger partial charge in [0.2, 0.25) is 5.91 Å². The summed E-state index contributed by atoms with van der Waals surface area (Å²) in [6.07, 6.45) is -9.55. The van der Waals surface area contributed by atoms with Crippen molar-refractivity contribution < 1.29 is 40.6 Å². The number of aliphatic hydroxyl groups is 1. The van der Waals surface area contributed by atoms with Crippen molar-refractivity contribution in [1.29, 1.82) is 0 Å². The van der Waals surface area contributed by atoms with Gasteiger partial charge in [-0.25, -0.2) is 4.39 Å². The summed E-state index contributed by atoms with van der Waals surface area (Å²) >= 11 is 0. The zero-order chi connectivity index (χ0) is 25.8. The van der Waals surface area contributed by atoms with Gasteiger partial charge in [0.05, 0.1) is 5.60 Å². The van der Waals surface area contributed by atoms with Gasteiger partial charge in [-0.1, -0.05) is 18.2 Å². The third-order valence-electron chi connectivity index (χ3n) is 8.14. The summed E-state index contributed by atoms with van der Waals surface area (Å²) in [6, 6.07) is 2.43. The van der Waals surface area contributed by atoms with Crippen LogP contribution in [0.4, 0.5) is 30.7 Å². The van der Waals surface area contributed by atoms with E-state index in [4.69, 9.17) is 0 Å². The number of alkyl halides is 7. The maximum atomic E-state index is 14.5. The molecule has 1 aromatic rings. The van der Waals surface area contributed by atoms with Gasteiger partial charge in [0.25, 0.3) is 0 Å². The normalized spacial score (nSPS) is 27.3. The van der Waals surface area contributed by atoms with Gasteiger partial charge in [0, 0.05) is 31.1 Å². The Hall–Kier alpha value is -1.88. The second-order valence-electron chi connectivity index (χ2n) is 10.3. The summed E-state index contributed by atoms with van der Waals surface area (Å²) in [4.78, 5) is 15.0. The second-order valence-corrected chi connectivity index (χ2v) is 10.3. The van der Waals surface area contributed by atoms with E-state index in [0.717, 1.165) is 19.2 Å². The summed E-state index contributed by atoms with van der Waals surface area (Å²) < 4.78 is 93.5. The molecule has 3 aliphatic rings. The first-order valence-electron chi connectivity index (χ1n) is 11.8. The number of amides is 1. The van der Waals surface area contributed by atoms with Crippen LogP contribution in [0, 0.1) is 11.8 Å². The number of piperidine rings is 1. The quantitative estimate of drug-likeness (QED) is 0.582.